The molecule has 0 radical (unpaired) electrons. The van der Waals surface area contributed by atoms with Crippen molar-refractivity contribution in [3.63, 3.8) is 0 Å². The van der Waals surface area contributed by atoms with E-state index in [4.69, 9.17) is 0 Å². The van der Waals surface area contributed by atoms with Gasteiger partial charge in [0.15, 0.2) is 0 Å². The lowest BCUT2D eigenvalue weighted by atomic mass is 10.1. The molecule has 0 aliphatic heterocycles. The van der Waals surface area contributed by atoms with E-state index in [1.54, 1.807) is 0 Å². The van der Waals surface area contributed by atoms with E-state index in [9.17, 15) is 0 Å². The summed E-state index contributed by atoms with van der Waals surface area (Å²) < 4.78 is 0. The van der Waals surface area contributed by atoms with E-state index in [-0.39, 0.29) is 0 Å². The number of benzene rings is 2. The molecule has 0 nitrogen and oxygen atoms in total. The first-order valence-electron chi connectivity index (χ1n) is 8.59. The highest BCUT2D eigenvalue weighted by atomic mass is 31.1. The second-order valence-electron chi connectivity index (χ2n) is 6.70. The molecular formula is C22H28P2. The van der Waals surface area contributed by atoms with Crippen molar-refractivity contribution in [1.29, 1.82) is 0 Å². The van der Waals surface area contributed by atoms with E-state index in [1.165, 1.54) is 60.4 Å². The van der Waals surface area contributed by atoms with Crippen LogP contribution in [0.15, 0.2) is 24.3 Å². The van der Waals surface area contributed by atoms with Crippen molar-refractivity contribution >= 4 is 38.6 Å². The summed E-state index contributed by atoms with van der Waals surface area (Å²) in [4.78, 5) is 0. The van der Waals surface area contributed by atoms with Crippen LogP contribution in [0.3, 0.4) is 0 Å². The topological polar surface area (TPSA) is 0 Å². The van der Waals surface area contributed by atoms with Gasteiger partial charge in [-0.2, -0.15) is 0 Å². The largest absolute Gasteiger partial charge is 0.0723 e. The van der Waals surface area contributed by atoms with Crippen LogP contribution in [-0.2, 0) is 0 Å². The Morgan fingerprint density at radius 3 is 1.17 bits per heavy atom. The van der Waals surface area contributed by atoms with E-state index in [1.807, 2.05) is 0 Å². The summed E-state index contributed by atoms with van der Waals surface area (Å²) in [5.41, 5.74) is 8.38. The van der Waals surface area contributed by atoms with Crippen molar-refractivity contribution in [3.05, 3.63) is 57.6 Å². The molecular weight excluding hydrogens is 326 g/mol. The minimum atomic E-state index is 1.14. The van der Waals surface area contributed by atoms with Crippen LogP contribution in [-0.4, -0.2) is 11.6 Å². The maximum absolute atomic E-state index is 2.41. The lowest BCUT2D eigenvalue weighted by Gasteiger charge is -2.06. The summed E-state index contributed by atoms with van der Waals surface area (Å²) in [5.74, 6) is 4.82. The third-order valence-electron chi connectivity index (χ3n) is 4.14. The van der Waals surface area contributed by atoms with E-state index in [0.29, 0.717) is 0 Å². The Kier molecular flexibility index (Phi) is 6.97. The zero-order chi connectivity index (χ0) is 17.7. The van der Waals surface area contributed by atoms with Crippen molar-refractivity contribution in [2.75, 3.05) is 0 Å². The third-order valence-corrected chi connectivity index (χ3v) is 6.95. The fourth-order valence-electron chi connectivity index (χ4n) is 3.21. The number of hydrogen-bond donors (Lipinski definition) is 0. The monoisotopic (exact) mass is 354 g/mol. The highest BCUT2D eigenvalue weighted by molar-refractivity contribution is 7.48. The first kappa shape index (κ1) is 19.1. The first-order valence-corrected chi connectivity index (χ1v) is 10.5. The number of rotatable bonds is 5. The Morgan fingerprint density at radius 1 is 0.583 bits per heavy atom. The molecule has 0 saturated heterocycles. The quantitative estimate of drug-likeness (QED) is 0.473. The highest BCUT2D eigenvalue weighted by Gasteiger charge is 2.01. The van der Waals surface area contributed by atoms with Gasteiger partial charge in [0, 0.05) is 10.6 Å². The van der Waals surface area contributed by atoms with E-state index in [2.05, 4.69) is 77.4 Å². The van der Waals surface area contributed by atoms with E-state index in [0.717, 1.165) is 12.8 Å². The molecule has 0 heterocycles. The summed E-state index contributed by atoms with van der Waals surface area (Å²) in [6, 6.07) is 9.15. The van der Waals surface area contributed by atoms with Crippen molar-refractivity contribution in [3.8, 4) is 0 Å². The van der Waals surface area contributed by atoms with Gasteiger partial charge in [-0.3, -0.25) is 0 Å². The van der Waals surface area contributed by atoms with Gasteiger partial charge in [0.1, 0.15) is 0 Å². The van der Waals surface area contributed by atoms with Gasteiger partial charge < -0.3 is 0 Å². The molecule has 0 unspecified atom stereocenters. The van der Waals surface area contributed by atoms with Crippen LogP contribution in [0, 0.1) is 41.5 Å². The van der Waals surface area contributed by atoms with Crippen molar-refractivity contribution in [1.82, 2.24) is 0 Å². The normalized spacial score (nSPS) is 11.8. The molecule has 0 amide bonds. The average Bonchev–Trinajstić information content (AvgIpc) is 2.46. The smallest absolute Gasteiger partial charge is 0.00733 e. The molecule has 0 fully saturated rings. The molecule has 0 saturated carbocycles. The zero-order valence-electron chi connectivity index (χ0n) is 15.8. The summed E-state index contributed by atoms with van der Waals surface area (Å²) in [6.07, 6.45) is 2.29. The molecule has 0 N–H and O–H groups in total. The third kappa shape index (κ3) is 5.14. The Balaban J connectivity index is 1.96. The molecule has 2 heteroatoms. The molecule has 0 aliphatic rings. The van der Waals surface area contributed by atoms with E-state index >= 15 is 0 Å². The van der Waals surface area contributed by atoms with Gasteiger partial charge in [-0.05, 0) is 76.6 Å². The maximum atomic E-state index is 2.41. The number of aryl methyl sites for hydroxylation is 6. The van der Waals surface area contributed by atoms with Gasteiger partial charge in [-0.1, -0.05) is 63.4 Å². The molecule has 0 aromatic heterocycles. The number of hydrogen-bond acceptors (Lipinski definition) is 0. The summed E-state index contributed by atoms with van der Waals surface area (Å²) in [7, 11) is 2.71. The lowest BCUT2D eigenvalue weighted by Crippen LogP contribution is -2.04. The molecule has 24 heavy (non-hydrogen) atoms. The maximum Gasteiger partial charge on any atom is 0.00733 e. The fraction of sp³-hybridized carbons (Fsp3) is 0.364. The Morgan fingerprint density at radius 2 is 0.875 bits per heavy atom. The fourth-order valence-corrected chi connectivity index (χ4v) is 5.21. The molecule has 0 atom stereocenters. The number of unbranched alkanes of at least 4 members (excludes halogenated alkanes) is 1. The van der Waals surface area contributed by atoms with Gasteiger partial charge in [0.25, 0.3) is 0 Å². The van der Waals surface area contributed by atoms with Crippen LogP contribution in [0.2, 0.25) is 0 Å². The molecule has 0 bridgehead atoms. The summed E-state index contributed by atoms with van der Waals surface area (Å²) in [5, 5.41) is 2.95. The molecule has 2 aromatic rings. The van der Waals surface area contributed by atoms with Gasteiger partial charge in [0.2, 0.25) is 0 Å². The van der Waals surface area contributed by atoms with Crippen LogP contribution >= 0.6 is 16.4 Å². The standard InChI is InChI=1S/C22H28P2/c1-15-11-17(3)21(18(4)12-15)23-9-7-8-10-24-22-19(5)13-16(2)14-20(22)6/h9-14H,7-8H2,1-6H3. The Labute approximate surface area is 150 Å². The zero-order valence-corrected chi connectivity index (χ0v) is 17.6. The van der Waals surface area contributed by atoms with Crippen molar-refractivity contribution in [2.24, 2.45) is 0 Å². The molecule has 0 aliphatic carbocycles. The summed E-state index contributed by atoms with van der Waals surface area (Å²) >= 11 is 0. The van der Waals surface area contributed by atoms with Crippen molar-refractivity contribution in [2.45, 2.75) is 54.4 Å². The molecule has 126 valence electrons. The second-order valence-corrected chi connectivity index (χ2v) is 8.84. The Hall–Kier alpha value is -1.22. The van der Waals surface area contributed by atoms with Crippen LogP contribution < -0.4 is 10.6 Å². The van der Waals surface area contributed by atoms with Crippen LogP contribution in [0.4, 0.5) is 0 Å². The molecule has 2 aromatic carbocycles. The summed E-state index contributed by atoms with van der Waals surface area (Å²) in [6.45, 7) is 13.3. The highest BCUT2D eigenvalue weighted by Crippen LogP contribution is 2.14. The predicted octanol–water partition coefficient (Wildman–Crippen LogP) is 5.76. The van der Waals surface area contributed by atoms with E-state index < -0.39 is 0 Å². The molecule has 2 rings (SSSR count). The van der Waals surface area contributed by atoms with Gasteiger partial charge in [-0.25, -0.2) is 0 Å². The minimum absolute atomic E-state index is 1.14. The second kappa shape index (κ2) is 8.75. The van der Waals surface area contributed by atoms with Crippen LogP contribution in [0.5, 0.6) is 0 Å². The first-order chi connectivity index (χ1) is 11.4. The lowest BCUT2D eigenvalue weighted by molar-refractivity contribution is 1.23. The minimum Gasteiger partial charge on any atom is -0.0723 e. The van der Waals surface area contributed by atoms with Crippen LogP contribution in [0.1, 0.15) is 46.2 Å². The van der Waals surface area contributed by atoms with Gasteiger partial charge in [0.05, 0.1) is 0 Å². The van der Waals surface area contributed by atoms with Crippen LogP contribution in [0.25, 0.3) is 0 Å². The Bertz CT molecular complexity index is 669. The molecule has 0 spiro atoms. The van der Waals surface area contributed by atoms with Crippen molar-refractivity contribution < 1.29 is 0 Å². The SMILES string of the molecule is Cc1cc(C)c(P=CCCC=Pc2c(C)cc(C)cc2C)c(C)c1. The average molecular weight is 354 g/mol. The van der Waals surface area contributed by atoms with Gasteiger partial charge >= 0.3 is 0 Å². The van der Waals surface area contributed by atoms with Gasteiger partial charge in [-0.15, -0.1) is 0 Å². The predicted molar refractivity (Wildman–Crippen MR) is 116 cm³/mol.